The van der Waals surface area contributed by atoms with Crippen LogP contribution in [0.2, 0.25) is 0 Å². The molecule has 1 aromatic rings. The van der Waals surface area contributed by atoms with Gasteiger partial charge in [-0.3, -0.25) is 24.5 Å². The average Bonchev–Trinajstić information content (AvgIpc) is 2.76. The van der Waals surface area contributed by atoms with Gasteiger partial charge in [-0.25, -0.2) is 0 Å². The molecule has 0 saturated heterocycles. The molecular weight excluding hydrogens is 380 g/mol. The molecule has 0 unspecified atom stereocenters. The molecule has 158 valence electrons. The molecule has 0 spiro atoms. The summed E-state index contributed by atoms with van der Waals surface area (Å²) in [6, 6.07) is 4.60. The largest absolute Gasteiger partial charge is 0.497 e. The van der Waals surface area contributed by atoms with Crippen LogP contribution in [0.5, 0.6) is 11.5 Å². The number of rotatable bonds is 8. The van der Waals surface area contributed by atoms with Gasteiger partial charge >= 0.3 is 5.97 Å². The predicted octanol–water partition coefficient (Wildman–Crippen LogP) is 1.20. The fourth-order valence-electron chi connectivity index (χ4n) is 3.03. The van der Waals surface area contributed by atoms with Crippen molar-refractivity contribution in [2.45, 2.75) is 32.1 Å². The van der Waals surface area contributed by atoms with Gasteiger partial charge in [0.05, 0.1) is 14.2 Å². The van der Waals surface area contributed by atoms with E-state index in [0.717, 1.165) is 32.1 Å². The molecule has 1 aromatic carbocycles. The molecule has 0 radical (unpaired) electrons. The Labute approximate surface area is 169 Å². The standard InChI is InChI=1S/C20H26N2O7/c1-27-15-8-14(9-16(10-15)28-2)19(25)21-11-18(24)29-12-17(23)22-20(26)13-6-4-3-5-7-13/h8-10,13H,3-7,11-12H2,1-2H3,(H,21,25)(H,22,23,26). The van der Waals surface area contributed by atoms with E-state index in [1.807, 2.05) is 0 Å². The third-order valence-electron chi connectivity index (χ3n) is 4.61. The minimum atomic E-state index is -0.798. The van der Waals surface area contributed by atoms with E-state index in [0.29, 0.717) is 11.5 Å². The van der Waals surface area contributed by atoms with E-state index in [4.69, 9.17) is 14.2 Å². The minimum absolute atomic E-state index is 0.164. The number of benzene rings is 1. The first kappa shape index (κ1) is 22.2. The van der Waals surface area contributed by atoms with E-state index >= 15 is 0 Å². The van der Waals surface area contributed by atoms with Crippen molar-refractivity contribution in [1.82, 2.24) is 10.6 Å². The lowest BCUT2D eigenvalue weighted by molar-refractivity contribution is -0.149. The third-order valence-corrected chi connectivity index (χ3v) is 4.61. The van der Waals surface area contributed by atoms with Crippen LogP contribution >= 0.6 is 0 Å². The molecule has 1 fully saturated rings. The summed E-state index contributed by atoms with van der Waals surface area (Å²) in [6.07, 6.45) is 4.57. The maximum absolute atomic E-state index is 12.2. The van der Waals surface area contributed by atoms with Gasteiger partial charge < -0.3 is 19.5 Å². The molecule has 2 N–H and O–H groups in total. The Morgan fingerprint density at radius 3 is 2.17 bits per heavy atom. The van der Waals surface area contributed by atoms with Crippen LogP contribution in [0.25, 0.3) is 0 Å². The Balaban J connectivity index is 1.74. The lowest BCUT2D eigenvalue weighted by Gasteiger charge is -2.20. The average molecular weight is 406 g/mol. The number of carbonyl (C=O) groups is 4. The number of methoxy groups -OCH3 is 2. The summed E-state index contributed by atoms with van der Waals surface area (Å²) in [5, 5.41) is 4.65. The number of hydrogen-bond donors (Lipinski definition) is 2. The summed E-state index contributed by atoms with van der Waals surface area (Å²) in [6.45, 7) is -1.01. The number of hydrogen-bond acceptors (Lipinski definition) is 7. The third kappa shape index (κ3) is 7.10. The second kappa shape index (κ2) is 11.0. The maximum Gasteiger partial charge on any atom is 0.325 e. The summed E-state index contributed by atoms with van der Waals surface area (Å²) in [4.78, 5) is 47.7. The van der Waals surface area contributed by atoms with Crippen LogP contribution in [0.15, 0.2) is 18.2 Å². The predicted molar refractivity (Wildman–Crippen MR) is 103 cm³/mol. The number of nitrogens with one attached hydrogen (secondary N) is 2. The van der Waals surface area contributed by atoms with Gasteiger partial charge in [-0.15, -0.1) is 0 Å². The molecule has 0 bridgehead atoms. The zero-order valence-corrected chi connectivity index (χ0v) is 16.6. The van der Waals surface area contributed by atoms with Crippen LogP contribution in [0.4, 0.5) is 0 Å². The molecular formula is C20H26N2O7. The van der Waals surface area contributed by atoms with Gasteiger partial charge in [0.25, 0.3) is 11.8 Å². The molecule has 1 aliphatic rings. The Morgan fingerprint density at radius 2 is 1.59 bits per heavy atom. The SMILES string of the molecule is COc1cc(OC)cc(C(=O)NCC(=O)OCC(=O)NC(=O)C2CCCCC2)c1. The highest BCUT2D eigenvalue weighted by Gasteiger charge is 2.23. The molecule has 9 nitrogen and oxygen atoms in total. The number of amides is 3. The Hall–Kier alpha value is -3.10. The number of imide groups is 1. The molecule has 9 heteroatoms. The summed E-state index contributed by atoms with van der Waals surface area (Å²) >= 11 is 0. The second-order valence-corrected chi connectivity index (χ2v) is 6.69. The van der Waals surface area contributed by atoms with Gasteiger partial charge in [-0.2, -0.15) is 0 Å². The topological polar surface area (TPSA) is 120 Å². The van der Waals surface area contributed by atoms with Gasteiger partial charge in [0, 0.05) is 17.5 Å². The molecule has 29 heavy (non-hydrogen) atoms. The second-order valence-electron chi connectivity index (χ2n) is 6.69. The summed E-state index contributed by atoms with van der Waals surface area (Å²) < 4.78 is 15.0. The molecule has 0 heterocycles. The van der Waals surface area contributed by atoms with Crippen molar-refractivity contribution in [3.63, 3.8) is 0 Å². The van der Waals surface area contributed by atoms with E-state index in [2.05, 4.69) is 10.6 Å². The van der Waals surface area contributed by atoms with Crippen molar-refractivity contribution in [3.8, 4) is 11.5 Å². The van der Waals surface area contributed by atoms with Crippen molar-refractivity contribution in [2.24, 2.45) is 5.92 Å². The molecule has 1 aliphatic carbocycles. The van der Waals surface area contributed by atoms with Crippen LogP contribution in [-0.2, 0) is 19.1 Å². The fourth-order valence-corrected chi connectivity index (χ4v) is 3.03. The van der Waals surface area contributed by atoms with E-state index in [-0.39, 0.29) is 17.4 Å². The zero-order valence-electron chi connectivity index (χ0n) is 16.6. The van der Waals surface area contributed by atoms with Gasteiger partial charge in [0.1, 0.15) is 18.0 Å². The zero-order chi connectivity index (χ0) is 21.2. The first-order chi connectivity index (χ1) is 13.9. The van der Waals surface area contributed by atoms with Crippen LogP contribution < -0.4 is 20.1 Å². The quantitative estimate of drug-likeness (QED) is 0.623. The number of ether oxygens (including phenoxy) is 3. The smallest absolute Gasteiger partial charge is 0.325 e. The van der Waals surface area contributed by atoms with Gasteiger partial charge in [0.2, 0.25) is 5.91 Å². The maximum atomic E-state index is 12.2. The normalized spacial score (nSPS) is 13.9. The fraction of sp³-hybridized carbons (Fsp3) is 0.500. The molecule has 2 rings (SSSR count). The lowest BCUT2D eigenvalue weighted by Crippen LogP contribution is -2.39. The Bertz CT molecular complexity index is 735. The lowest BCUT2D eigenvalue weighted by atomic mass is 9.89. The van der Waals surface area contributed by atoms with Gasteiger partial charge in [0.15, 0.2) is 6.61 Å². The number of esters is 1. The minimum Gasteiger partial charge on any atom is -0.497 e. The van der Waals surface area contributed by atoms with Gasteiger partial charge in [-0.1, -0.05) is 19.3 Å². The van der Waals surface area contributed by atoms with Gasteiger partial charge in [-0.05, 0) is 25.0 Å². The molecule has 0 atom stereocenters. The summed E-state index contributed by atoms with van der Waals surface area (Å²) in [7, 11) is 2.91. The van der Waals surface area contributed by atoms with Crippen LogP contribution in [-0.4, -0.2) is 51.1 Å². The van der Waals surface area contributed by atoms with E-state index in [9.17, 15) is 19.2 Å². The van der Waals surface area contributed by atoms with E-state index in [1.54, 1.807) is 6.07 Å². The van der Waals surface area contributed by atoms with Crippen molar-refractivity contribution >= 4 is 23.7 Å². The monoisotopic (exact) mass is 406 g/mol. The van der Waals surface area contributed by atoms with Crippen LogP contribution in [0.1, 0.15) is 42.5 Å². The van der Waals surface area contributed by atoms with Crippen LogP contribution in [0, 0.1) is 5.92 Å². The molecule has 1 saturated carbocycles. The molecule has 0 aromatic heterocycles. The highest BCUT2D eigenvalue weighted by molar-refractivity contribution is 5.98. The van der Waals surface area contributed by atoms with E-state index < -0.39 is 30.9 Å². The van der Waals surface area contributed by atoms with Crippen molar-refractivity contribution in [1.29, 1.82) is 0 Å². The molecule has 0 aliphatic heterocycles. The first-order valence-electron chi connectivity index (χ1n) is 9.43. The summed E-state index contributed by atoms with van der Waals surface area (Å²) in [5.41, 5.74) is 0.241. The van der Waals surface area contributed by atoms with Crippen LogP contribution in [0.3, 0.4) is 0 Å². The first-order valence-corrected chi connectivity index (χ1v) is 9.43. The van der Waals surface area contributed by atoms with Crippen molar-refractivity contribution in [2.75, 3.05) is 27.4 Å². The number of carbonyl (C=O) groups excluding carboxylic acids is 4. The highest BCUT2D eigenvalue weighted by atomic mass is 16.5. The molecule has 3 amide bonds. The Morgan fingerprint density at radius 1 is 0.966 bits per heavy atom. The summed E-state index contributed by atoms with van der Waals surface area (Å²) in [5.74, 6) is -1.65. The Kier molecular flexibility index (Phi) is 8.45. The van der Waals surface area contributed by atoms with E-state index in [1.165, 1.54) is 26.4 Å². The highest BCUT2D eigenvalue weighted by Crippen LogP contribution is 2.23. The van der Waals surface area contributed by atoms with Crippen molar-refractivity contribution in [3.05, 3.63) is 23.8 Å². The van der Waals surface area contributed by atoms with Crippen molar-refractivity contribution < 1.29 is 33.4 Å².